The van der Waals surface area contributed by atoms with Crippen LogP contribution in [-0.2, 0) is 14.4 Å². The number of hydrogen-bond donors (Lipinski definition) is 2. The first-order valence-corrected chi connectivity index (χ1v) is 6.27. The van der Waals surface area contributed by atoms with Gasteiger partial charge in [0.15, 0.2) is 6.61 Å². The fourth-order valence-corrected chi connectivity index (χ4v) is 1.79. The largest absolute Gasteiger partial charge is 0.483 e. The number of carbonyl (C=O) groups excluding carboxylic acids is 1. The van der Waals surface area contributed by atoms with Gasteiger partial charge in [-0.05, 0) is 30.7 Å². The number of halogens is 1. The van der Waals surface area contributed by atoms with Crippen LogP contribution in [0.15, 0.2) is 18.2 Å². The molecule has 0 aromatic heterocycles. The molecule has 0 aliphatic carbocycles. The predicted octanol–water partition coefficient (Wildman–Crippen LogP) is 1.03. The van der Waals surface area contributed by atoms with Crippen LogP contribution in [0.2, 0.25) is 5.02 Å². The second-order valence-electron chi connectivity index (χ2n) is 4.24. The molecule has 0 aliphatic heterocycles. The van der Waals surface area contributed by atoms with E-state index in [2.05, 4.69) is 0 Å². The molecule has 1 aromatic carbocycles. The summed E-state index contributed by atoms with van der Waals surface area (Å²) in [5.41, 5.74) is 0.707. The number of amides is 1. The lowest BCUT2D eigenvalue weighted by molar-refractivity contribution is -0.150. The third-order valence-electron chi connectivity index (χ3n) is 2.49. The number of rotatable bonds is 7. The van der Waals surface area contributed by atoms with Crippen molar-refractivity contribution in [3.8, 4) is 5.75 Å². The average Bonchev–Trinajstić information content (AvgIpc) is 2.35. The minimum Gasteiger partial charge on any atom is -0.483 e. The van der Waals surface area contributed by atoms with Crippen molar-refractivity contribution in [2.24, 2.45) is 0 Å². The summed E-state index contributed by atoms with van der Waals surface area (Å²) < 4.78 is 5.26. The molecule has 0 saturated carbocycles. The number of aliphatic carboxylic acids is 2. The number of aryl methyl sites for hydroxylation is 1. The molecule has 1 amide bonds. The van der Waals surface area contributed by atoms with Crippen LogP contribution in [0.25, 0.3) is 0 Å². The predicted molar refractivity (Wildman–Crippen MR) is 73.5 cm³/mol. The quantitative estimate of drug-likeness (QED) is 0.778. The average molecular weight is 316 g/mol. The van der Waals surface area contributed by atoms with Gasteiger partial charge in [-0.25, -0.2) is 0 Å². The summed E-state index contributed by atoms with van der Waals surface area (Å²) in [4.78, 5) is 33.7. The zero-order valence-electron chi connectivity index (χ0n) is 11.2. The van der Waals surface area contributed by atoms with Crippen LogP contribution < -0.4 is 4.74 Å². The van der Waals surface area contributed by atoms with Gasteiger partial charge < -0.3 is 19.8 Å². The Morgan fingerprint density at radius 3 is 2.24 bits per heavy atom. The zero-order chi connectivity index (χ0) is 16.0. The number of hydrogen-bond acceptors (Lipinski definition) is 4. The molecule has 7 nitrogen and oxygen atoms in total. The minimum absolute atomic E-state index is 0.415. The Morgan fingerprint density at radius 2 is 1.76 bits per heavy atom. The van der Waals surface area contributed by atoms with Gasteiger partial charge in [0.2, 0.25) is 0 Å². The highest BCUT2D eigenvalue weighted by molar-refractivity contribution is 6.30. The highest BCUT2D eigenvalue weighted by atomic mass is 35.5. The molecule has 2 N–H and O–H groups in total. The summed E-state index contributed by atoms with van der Waals surface area (Å²) in [5.74, 6) is -2.91. The standard InChI is InChI=1S/C13H14ClNO6/c1-8-4-9(14)2-3-10(8)21-7-11(16)15(5-12(17)18)6-13(19)20/h2-4H,5-7H2,1H3,(H,17,18)(H,19,20). The molecule has 1 rings (SSSR count). The van der Waals surface area contributed by atoms with Crippen LogP contribution in [0.4, 0.5) is 0 Å². The highest BCUT2D eigenvalue weighted by Gasteiger charge is 2.20. The van der Waals surface area contributed by atoms with Gasteiger partial charge in [0.25, 0.3) is 5.91 Å². The Balaban J connectivity index is 2.68. The lowest BCUT2D eigenvalue weighted by Gasteiger charge is -2.19. The maximum absolute atomic E-state index is 11.8. The van der Waals surface area contributed by atoms with E-state index in [0.29, 0.717) is 21.2 Å². The molecular weight excluding hydrogens is 302 g/mol. The van der Waals surface area contributed by atoms with E-state index in [9.17, 15) is 14.4 Å². The molecule has 0 unspecified atom stereocenters. The minimum atomic E-state index is -1.30. The Bertz CT molecular complexity index is 544. The zero-order valence-corrected chi connectivity index (χ0v) is 12.0. The fourth-order valence-electron chi connectivity index (χ4n) is 1.56. The van der Waals surface area contributed by atoms with Gasteiger partial charge in [0.05, 0.1) is 0 Å². The summed E-state index contributed by atoms with van der Waals surface area (Å²) in [7, 11) is 0. The van der Waals surface area contributed by atoms with Crippen LogP contribution in [-0.4, -0.2) is 52.7 Å². The van der Waals surface area contributed by atoms with Crippen LogP contribution in [0, 0.1) is 6.92 Å². The molecule has 0 heterocycles. The third kappa shape index (κ3) is 5.70. The van der Waals surface area contributed by atoms with E-state index in [4.69, 9.17) is 26.6 Å². The first-order valence-electron chi connectivity index (χ1n) is 5.90. The maximum atomic E-state index is 11.8. The first-order chi connectivity index (χ1) is 9.79. The van der Waals surface area contributed by atoms with Crippen molar-refractivity contribution in [1.82, 2.24) is 4.90 Å². The van der Waals surface area contributed by atoms with Gasteiger partial charge in [0, 0.05) is 5.02 Å². The maximum Gasteiger partial charge on any atom is 0.323 e. The first kappa shape index (κ1) is 16.8. The number of benzene rings is 1. The van der Waals surface area contributed by atoms with E-state index in [1.54, 1.807) is 25.1 Å². The Kier molecular flexibility index (Phi) is 5.98. The molecule has 1 aromatic rings. The molecule has 21 heavy (non-hydrogen) atoms. The smallest absolute Gasteiger partial charge is 0.323 e. The molecule has 0 spiro atoms. The molecule has 0 bridgehead atoms. The Morgan fingerprint density at radius 1 is 1.19 bits per heavy atom. The van der Waals surface area contributed by atoms with Crippen molar-refractivity contribution in [2.45, 2.75) is 6.92 Å². The topological polar surface area (TPSA) is 104 Å². The van der Waals surface area contributed by atoms with Crippen molar-refractivity contribution < 1.29 is 29.3 Å². The summed E-state index contributed by atoms with van der Waals surface area (Å²) in [6.07, 6.45) is 0. The summed E-state index contributed by atoms with van der Waals surface area (Å²) in [6, 6.07) is 4.80. The number of nitrogens with zero attached hydrogens (tertiary/aromatic N) is 1. The summed E-state index contributed by atoms with van der Waals surface area (Å²) in [6.45, 7) is -0.122. The summed E-state index contributed by atoms with van der Waals surface area (Å²) >= 11 is 5.78. The Hall–Kier alpha value is -2.28. The van der Waals surface area contributed by atoms with Crippen LogP contribution in [0.5, 0.6) is 5.75 Å². The second kappa shape index (κ2) is 7.49. The van der Waals surface area contributed by atoms with Crippen molar-refractivity contribution in [3.63, 3.8) is 0 Å². The summed E-state index contributed by atoms with van der Waals surface area (Å²) in [5, 5.41) is 17.8. The molecule has 0 radical (unpaired) electrons. The van der Waals surface area contributed by atoms with E-state index in [-0.39, 0.29) is 0 Å². The monoisotopic (exact) mass is 315 g/mol. The fraction of sp³-hybridized carbons (Fsp3) is 0.308. The van der Waals surface area contributed by atoms with Crippen LogP contribution in [0.1, 0.15) is 5.56 Å². The van der Waals surface area contributed by atoms with Gasteiger partial charge in [-0.15, -0.1) is 0 Å². The van der Waals surface area contributed by atoms with Crippen molar-refractivity contribution in [1.29, 1.82) is 0 Å². The molecule has 0 aliphatic rings. The van der Waals surface area contributed by atoms with Crippen molar-refractivity contribution in [3.05, 3.63) is 28.8 Å². The molecule has 0 atom stereocenters. The van der Waals surface area contributed by atoms with E-state index in [1.165, 1.54) is 0 Å². The van der Waals surface area contributed by atoms with Gasteiger partial charge in [-0.1, -0.05) is 11.6 Å². The Labute approximate surface area is 125 Å². The number of ether oxygens (including phenoxy) is 1. The van der Waals surface area contributed by atoms with Crippen LogP contribution in [0.3, 0.4) is 0 Å². The van der Waals surface area contributed by atoms with Gasteiger partial charge >= 0.3 is 11.9 Å². The van der Waals surface area contributed by atoms with Gasteiger partial charge in [-0.2, -0.15) is 0 Å². The number of carboxylic acids is 2. The van der Waals surface area contributed by atoms with Gasteiger partial charge in [-0.3, -0.25) is 14.4 Å². The van der Waals surface area contributed by atoms with Crippen molar-refractivity contribution in [2.75, 3.05) is 19.7 Å². The SMILES string of the molecule is Cc1cc(Cl)ccc1OCC(=O)N(CC(=O)O)CC(=O)O. The second-order valence-corrected chi connectivity index (χ2v) is 4.67. The van der Waals surface area contributed by atoms with E-state index in [0.717, 1.165) is 0 Å². The van der Waals surface area contributed by atoms with Crippen LogP contribution >= 0.6 is 11.6 Å². The van der Waals surface area contributed by atoms with Gasteiger partial charge in [0.1, 0.15) is 18.8 Å². The van der Waals surface area contributed by atoms with E-state index >= 15 is 0 Å². The van der Waals surface area contributed by atoms with E-state index in [1.807, 2.05) is 0 Å². The lowest BCUT2D eigenvalue weighted by Crippen LogP contribution is -2.41. The molecule has 114 valence electrons. The third-order valence-corrected chi connectivity index (χ3v) is 2.73. The number of carboxylic acid groups (broad SMARTS) is 2. The number of carbonyl (C=O) groups is 3. The lowest BCUT2D eigenvalue weighted by atomic mass is 10.2. The molecule has 0 saturated heterocycles. The molecular formula is C13H14ClNO6. The molecule has 8 heteroatoms. The normalized spacial score (nSPS) is 10.0. The van der Waals surface area contributed by atoms with E-state index < -0.39 is 37.5 Å². The van der Waals surface area contributed by atoms with Crippen molar-refractivity contribution >= 4 is 29.4 Å². The molecule has 0 fully saturated rings. The highest BCUT2D eigenvalue weighted by Crippen LogP contribution is 2.21.